The van der Waals surface area contributed by atoms with Crippen LogP contribution >= 0.6 is 0 Å². The van der Waals surface area contributed by atoms with Crippen LogP contribution in [-0.2, 0) is 19.1 Å². The maximum Gasteiger partial charge on any atom is 0.417 e. The normalized spacial score (nSPS) is 14.3. The first-order valence-corrected chi connectivity index (χ1v) is 7.17. The zero-order chi connectivity index (χ0) is 18.4. The zero-order valence-corrected chi connectivity index (χ0v) is 12.6. The quantitative estimate of drug-likeness (QED) is 0.837. The molecule has 0 atom stereocenters. The molecule has 2 heterocycles. The first-order valence-electron chi connectivity index (χ1n) is 7.17. The molecule has 0 saturated carbocycles. The summed E-state index contributed by atoms with van der Waals surface area (Å²) in [5.41, 5.74) is -1.44. The third-order valence-corrected chi connectivity index (χ3v) is 3.90. The first-order chi connectivity index (χ1) is 11.7. The number of furan rings is 1. The number of hydrogen-bond acceptors (Lipinski definition) is 3. The summed E-state index contributed by atoms with van der Waals surface area (Å²) < 4.78 is 57.7. The average molecular weight is 357 g/mol. The Kier molecular flexibility index (Phi) is 4.02. The Labute approximate surface area is 138 Å². The number of benzene rings is 1. The number of rotatable bonds is 2. The molecule has 1 N–H and O–H groups in total. The summed E-state index contributed by atoms with van der Waals surface area (Å²) in [6.45, 7) is -0.118. The van der Waals surface area contributed by atoms with Gasteiger partial charge in [0.25, 0.3) is 5.91 Å². The molecule has 9 heteroatoms. The number of alkyl halides is 3. The second kappa shape index (κ2) is 5.91. The van der Waals surface area contributed by atoms with Gasteiger partial charge in [-0.1, -0.05) is 0 Å². The first kappa shape index (κ1) is 17.0. The Bertz CT molecular complexity index is 856. The summed E-state index contributed by atoms with van der Waals surface area (Å²) in [4.78, 5) is 24.4. The van der Waals surface area contributed by atoms with Gasteiger partial charge >= 0.3 is 12.1 Å². The molecule has 1 aromatic carbocycles. The number of halogens is 4. The van der Waals surface area contributed by atoms with E-state index < -0.39 is 35.0 Å². The standard InChI is InChI=1S/C16H11F4NO4/c17-9-1-2-11(16(18,19)20)10(6-9)14(22)21-4-3-8-5-12(15(23)24)25-13(8)7-21/h1-2,5-6H,3-4,7H2,(H,23,24). The fraction of sp³-hybridized carbons (Fsp3) is 0.250. The number of aromatic carboxylic acids is 1. The van der Waals surface area contributed by atoms with Crippen LogP contribution in [0.15, 0.2) is 28.7 Å². The van der Waals surface area contributed by atoms with Gasteiger partial charge in [-0.05, 0) is 36.2 Å². The monoisotopic (exact) mass is 357 g/mol. The topological polar surface area (TPSA) is 70.8 Å². The van der Waals surface area contributed by atoms with Crippen molar-refractivity contribution in [1.29, 1.82) is 0 Å². The van der Waals surface area contributed by atoms with E-state index in [-0.39, 0.29) is 31.0 Å². The highest BCUT2D eigenvalue weighted by atomic mass is 19.4. The maximum absolute atomic E-state index is 13.4. The van der Waals surface area contributed by atoms with Crippen molar-refractivity contribution in [3.8, 4) is 0 Å². The van der Waals surface area contributed by atoms with Crippen LogP contribution in [0.5, 0.6) is 0 Å². The van der Waals surface area contributed by atoms with E-state index in [2.05, 4.69) is 0 Å². The van der Waals surface area contributed by atoms with Crippen molar-refractivity contribution >= 4 is 11.9 Å². The molecule has 1 aliphatic heterocycles. The Hall–Kier alpha value is -2.84. The fourth-order valence-electron chi connectivity index (χ4n) is 2.71. The van der Waals surface area contributed by atoms with Crippen molar-refractivity contribution in [2.75, 3.05) is 6.54 Å². The van der Waals surface area contributed by atoms with Gasteiger partial charge in [0, 0.05) is 6.54 Å². The van der Waals surface area contributed by atoms with Crippen LogP contribution in [0, 0.1) is 5.82 Å². The lowest BCUT2D eigenvalue weighted by Gasteiger charge is -2.27. The van der Waals surface area contributed by atoms with Crippen LogP contribution in [-0.4, -0.2) is 28.4 Å². The van der Waals surface area contributed by atoms with Gasteiger partial charge in [-0.15, -0.1) is 0 Å². The van der Waals surface area contributed by atoms with Crippen LogP contribution in [0.4, 0.5) is 17.6 Å². The Morgan fingerprint density at radius 3 is 2.56 bits per heavy atom. The summed E-state index contributed by atoms with van der Waals surface area (Å²) in [5.74, 6) is -3.34. The van der Waals surface area contributed by atoms with Gasteiger partial charge in [0.05, 0.1) is 17.7 Å². The second-order valence-corrected chi connectivity index (χ2v) is 5.53. The molecule has 1 aliphatic rings. The maximum atomic E-state index is 13.4. The Balaban J connectivity index is 1.92. The number of carboxylic acids is 1. The number of hydrogen-bond donors (Lipinski definition) is 1. The van der Waals surface area contributed by atoms with Crippen LogP contribution in [0.1, 0.15) is 37.8 Å². The molecule has 25 heavy (non-hydrogen) atoms. The fourth-order valence-corrected chi connectivity index (χ4v) is 2.71. The van der Waals surface area contributed by atoms with Crippen molar-refractivity contribution < 1.29 is 36.7 Å². The average Bonchev–Trinajstić information content (AvgIpc) is 2.96. The number of carbonyl (C=O) groups is 2. The predicted molar refractivity (Wildman–Crippen MR) is 75.5 cm³/mol. The third kappa shape index (κ3) is 3.21. The van der Waals surface area contributed by atoms with Crippen molar-refractivity contribution in [2.45, 2.75) is 19.1 Å². The van der Waals surface area contributed by atoms with E-state index in [1.54, 1.807) is 0 Å². The molecule has 132 valence electrons. The Morgan fingerprint density at radius 1 is 1.20 bits per heavy atom. The third-order valence-electron chi connectivity index (χ3n) is 3.90. The molecule has 1 aromatic heterocycles. The summed E-state index contributed by atoms with van der Waals surface area (Å²) in [5, 5.41) is 8.90. The van der Waals surface area contributed by atoms with Crippen molar-refractivity contribution in [3.05, 3.63) is 58.3 Å². The van der Waals surface area contributed by atoms with Crippen LogP contribution in [0.3, 0.4) is 0 Å². The molecule has 0 fully saturated rings. The van der Waals surface area contributed by atoms with Crippen LogP contribution in [0.2, 0.25) is 0 Å². The summed E-state index contributed by atoms with van der Waals surface area (Å²) in [6.07, 6.45) is -4.57. The number of carboxylic acid groups (broad SMARTS) is 1. The second-order valence-electron chi connectivity index (χ2n) is 5.53. The summed E-state index contributed by atoms with van der Waals surface area (Å²) >= 11 is 0. The minimum Gasteiger partial charge on any atom is -0.475 e. The van der Waals surface area contributed by atoms with E-state index >= 15 is 0 Å². The van der Waals surface area contributed by atoms with Crippen LogP contribution in [0.25, 0.3) is 0 Å². The van der Waals surface area contributed by atoms with Crippen molar-refractivity contribution in [3.63, 3.8) is 0 Å². The largest absolute Gasteiger partial charge is 0.475 e. The minimum atomic E-state index is -4.80. The predicted octanol–water partition coefficient (Wildman–Crippen LogP) is 3.33. The highest BCUT2D eigenvalue weighted by molar-refractivity contribution is 5.96. The SMILES string of the molecule is O=C(O)c1cc2c(o1)CN(C(=O)c1cc(F)ccc1C(F)(F)F)CC2. The van der Waals surface area contributed by atoms with E-state index in [1.165, 1.54) is 6.07 Å². The molecule has 0 saturated heterocycles. The molecule has 5 nitrogen and oxygen atoms in total. The summed E-state index contributed by atoms with van der Waals surface area (Å²) in [6, 6.07) is 3.03. The van der Waals surface area contributed by atoms with Gasteiger partial charge in [-0.2, -0.15) is 13.2 Å². The number of nitrogens with zero attached hydrogens (tertiary/aromatic N) is 1. The number of fused-ring (bicyclic) bond motifs is 1. The van der Waals surface area contributed by atoms with E-state index in [0.29, 0.717) is 23.8 Å². The van der Waals surface area contributed by atoms with Gasteiger partial charge in [-0.25, -0.2) is 9.18 Å². The summed E-state index contributed by atoms with van der Waals surface area (Å²) in [7, 11) is 0. The minimum absolute atomic E-state index is 0.0677. The van der Waals surface area contributed by atoms with Gasteiger partial charge in [0.15, 0.2) is 0 Å². The molecule has 3 rings (SSSR count). The van der Waals surface area contributed by atoms with Gasteiger partial charge < -0.3 is 14.4 Å². The van der Waals surface area contributed by atoms with Gasteiger partial charge in [0.2, 0.25) is 5.76 Å². The molecule has 0 bridgehead atoms. The van der Waals surface area contributed by atoms with Crippen molar-refractivity contribution in [2.24, 2.45) is 0 Å². The van der Waals surface area contributed by atoms with E-state index in [0.717, 1.165) is 4.90 Å². The van der Waals surface area contributed by atoms with Gasteiger partial charge in [0.1, 0.15) is 11.6 Å². The molecule has 0 spiro atoms. The number of amides is 1. The van der Waals surface area contributed by atoms with E-state index in [1.807, 2.05) is 0 Å². The Morgan fingerprint density at radius 2 is 1.92 bits per heavy atom. The zero-order valence-electron chi connectivity index (χ0n) is 12.6. The van der Waals surface area contributed by atoms with Crippen LogP contribution < -0.4 is 0 Å². The molecule has 0 aliphatic carbocycles. The molecule has 2 aromatic rings. The number of carbonyl (C=O) groups excluding carboxylic acids is 1. The van der Waals surface area contributed by atoms with Gasteiger partial charge in [-0.3, -0.25) is 4.79 Å². The molecule has 0 radical (unpaired) electrons. The smallest absolute Gasteiger partial charge is 0.417 e. The lowest BCUT2D eigenvalue weighted by atomic mass is 10.0. The highest BCUT2D eigenvalue weighted by Crippen LogP contribution is 2.34. The lowest BCUT2D eigenvalue weighted by Crippen LogP contribution is -2.36. The highest BCUT2D eigenvalue weighted by Gasteiger charge is 2.37. The lowest BCUT2D eigenvalue weighted by molar-refractivity contribution is -0.138. The molecular formula is C16H11F4NO4. The van der Waals surface area contributed by atoms with E-state index in [9.17, 15) is 27.2 Å². The molecular weight excluding hydrogens is 346 g/mol. The van der Waals surface area contributed by atoms with Crippen molar-refractivity contribution in [1.82, 2.24) is 4.90 Å². The van der Waals surface area contributed by atoms with E-state index in [4.69, 9.17) is 9.52 Å². The molecule has 1 amide bonds. The molecule has 0 unspecified atom stereocenters.